The van der Waals surface area contributed by atoms with Crippen molar-refractivity contribution < 1.29 is 9.53 Å². The molecule has 0 radical (unpaired) electrons. The number of Topliss-reactive ketones (excluding diaryl/α,β-unsaturated/α-hetero) is 1. The fourth-order valence-corrected chi connectivity index (χ4v) is 4.50. The van der Waals surface area contributed by atoms with Gasteiger partial charge in [-0.25, -0.2) is 4.98 Å². The van der Waals surface area contributed by atoms with Crippen LogP contribution in [-0.2, 0) is 0 Å². The zero-order valence-corrected chi connectivity index (χ0v) is 20.2. The Bertz CT molecular complexity index is 1320. The molecule has 0 aliphatic rings. The second-order valence-electron chi connectivity index (χ2n) is 7.16. The Kier molecular flexibility index (Phi) is 7.23. The first-order valence-corrected chi connectivity index (χ1v) is 11.9. The Morgan fingerprint density at radius 1 is 1.00 bits per heavy atom. The highest BCUT2D eigenvalue weighted by molar-refractivity contribution is 9.10. The molecule has 33 heavy (non-hydrogen) atoms. The quantitative estimate of drug-likeness (QED) is 0.195. The van der Waals surface area contributed by atoms with Crippen molar-refractivity contribution in [3.05, 3.63) is 101 Å². The van der Waals surface area contributed by atoms with Gasteiger partial charge < -0.3 is 4.74 Å². The molecule has 0 N–H and O–H groups in total. The minimum absolute atomic E-state index is 0.0192. The van der Waals surface area contributed by atoms with Crippen molar-refractivity contribution in [1.82, 2.24) is 4.98 Å². The summed E-state index contributed by atoms with van der Waals surface area (Å²) in [5.74, 6) is 0.905. The number of nitriles is 1. The molecule has 0 unspecified atom stereocenters. The van der Waals surface area contributed by atoms with E-state index < -0.39 is 0 Å². The molecule has 1 heterocycles. The van der Waals surface area contributed by atoms with Gasteiger partial charge in [-0.3, -0.25) is 4.79 Å². The zero-order valence-electron chi connectivity index (χ0n) is 17.8. The third-order valence-electron chi connectivity index (χ3n) is 5.07. The average molecular weight is 515 g/mol. The predicted octanol–water partition coefficient (Wildman–Crippen LogP) is 7.03. The number of ether oxygens (including phenoxy) is 1. The molecule has 0 saturated carbocycles. The number of hydrogen-bond acceptors (Lipinski definition) is 5. The summed E-state index contributed by atoms with van der Waals surface area (Å²) in [6.45, 7) is 0. The summed E-state index contributed by atoms with van der Waals surface area (Å²) in [5.41, 5.74) is 4.42. The lowest BCUT2D eigenvalue weighted by molar-refractivity contribution is 0.102. The van der Waals surface area contributed by atoms with Crippen molar-refractivity contribution in [1.29, 1.82) is 5.26 Å². The lowest BCUT2D eigenvalue weighted by Crippen LogP contribution is -2.04. The lowest BCUT2D eigenvalue weighted by Gasteiger charge is -2.13. The average Bonchev–Trinajstić information content (AvgIpc) is 2.87. The number of aromatic nitrogens is 1. The largest absolute Gasteiger partial charge is 0.497 e. The van der Waals surface area contributed by atoms with E-state index in [0.29, 0.717) is 16.2 Å². The highest BCUT2D eigenvalue weighted by Crippen LogP contribution is 2.35. The van der Waals surface area contributed by atoms with Crippen molar-refractivity contribution in [2.24, 2.45) is 0 Å². The van der Waals surface area contributed by atoms with Gasteiger partial charge in [-0.1, -0.05) is 82.3 Å². The minimum Gasteiger partial charge on any atom is -0.497 e. The normalized spacial score (nSPS) is 10.5. The van der Waals surface area contributed by atoms with Gasteiger partial charge in [0.05, 0.1) is 24.1 Å². The van der Waals surface area contributed by atoms with Crippen LogP contribution >= 0.6 is 27.7 Å². The molecule has 0 spiro atoms. The van der Waals surface area contributed by atoms with Crippen molar-refractivity contribution in [3.63, 3.8) is 0 Å². The van der Waals surface area contributed by atoms with Crippen LogP contribution in [0.2, 0.25) is 0 Å². The molecule has 0 atom stereocenters. The van der Waals surface area contributed by atoms with Crippen LogP contribution in [-0.4, -0.2) is 23.6 Å². The van der Waals surface area contributed by atoms with Gasteiger partial charge >= 0.3 is 0 Å². The molecule has 0 saturated heterocycles. The van der Waals surface area contributed by atoms with Crippen molar-refractivity contribution in [2.75, 3.05) is 12.9 Å². The monoisotopic (exact) mass is 514 g/mol. The van der Waals surface area contributed by atoms with E-state index in [-0.39, 0.29) is 11.5 Å². The Hall–Kier alpha value is -3.40. The van der Waals surface area contributed by atoms with Gasteiger partial charge in [-0.2, -0.15) is 5.26 Å². The number of hydrogen-bond donors (Lipinski definition) is 0. The van der Waals surface area contributed by atoms with Gasteiger partial charge in [0.25, 0.3) is 0 Å². The first kappa shape index (κ1) is 22.8. The van der Waals surface area contributed by atoms with E-state index in [2.05, 4.69) is 22.0 Å². The molecule has 162 valence electrons. The third-order valence-corrected chi connectivity index (χ3v) is 6.58. The van der Waals surface area contributed by atoms with E-state index in [9.17, 15) is 10.1 Å². The number of benzene rings is 3. The van der Waals surface area contributed by atoms with Gasteiger partial charge in [-0.15, -0.1) is 0 Å². The number of carbonyl (C=O) groups is 1. The van der Waals surface area contributed by atoms with E-state index in [1.165, 1.54) is 11.8 Å². The highest BCUT2D eigenvalue weighted by Gasteiger charge is 2.17. The first-order valence-electron chi connectivity index (χ1n) is 10.2. The molecule has 4 aromatic rings. The summed E-state index contributed by atoms with van der Waals surface area (Å²) in [5, 5.41) is 10.6. The van der Waals surface area contributed by atoms with Gasteiger partial charge in [0.1, 0.15) is 16.8 Å². The molecule has 6 heteroatoms. The fourth-order valence-electron chi connectivity index (χ4n) is 3.34. The van der Waals surface area contributed by atoms with Crippen LogP contribution < -0.4 is 4.74 Å². The predicted molar refractivity (Wildman–Crippen MR) is 136 cm³/mol. The maximum absolute atomic E-state index is 12.7. The number of methoxy groups -OCH3 is 1. The summed E-state index contributed by atoms with van der Waals surface area (Å²) in [4.78, 5) is 17.5. The minimum atomic E-state index is -0.0192. The van der Waals surface area contributed by atoms with Gasteiger partial charge in [0.15, 0.2) is 5.78 Å². The topological polar surface area (TPSA) is 63.0 Å². The maximum Gasteiger partial charge on any atom is 0.173 e. The molecule has 0 amide bonds. The number of thioether (sulfide) groups is 1. The van der Waals surface area contributed by atoms with Crippen LogP contribution in [0, 0.1) is 11.3 Å². The number of carbonyl (C=O) groups excluding carboxylic acids is 1. The zero-order chi connectivity index (χ0) is 23.2. The van der Waals surface area contributed by atoms with Gasteiger partial charge in [0.2, 0.25) is 0 Å². The second kappa shape index (κ2) is 10.5. The van der Waals surface area contributed by atoms with E-state index in [4.69, 9.17) is 9.72 Å². The first-order chi connectivity index (χ1) is 16.1. The summed E-state index contributed by atoms with van der Waals surface area (Å²) in [6, 6.07) is 28.9. The third kappa shape index (κ3) is 5.33. The number of rotatable bonds is 7. The number of pyridine rings is 1. The van der Waals surface area contributed by atoms with Crippen LogP contribution in [0.1, 0.15) is 15.9 Å². The van der Waals surface area contributed by atoms with E-state index in [0.717, 1.165) is 32.6 Å². The van der Waals surface area contributed by atoms with Crippen molar-refractivity contribution >= 4 is 33.5 Å². The molecular weight excluding hydrogens is 496 g/mol. The molecule has 1 aromatic heterocycles. The Labute approximate surface area is 205 Å². The van der Waals surface area contributed by atoms with Crippen LogP contribution in [0.5, 0.6) is 5.75 Å². The molecule has 4 rings (SSSR count). The van der Waals surface area contributed by atoms with Crippen molar-refractivity contribution in [2.45, 2.75) is 5.03 Å². The highest BCUT2D eigenvalue weighted by atomic mass is 79.9. The summed E-state index contributed by atoms with van der Waals surface area (Å²) in [6.07, 6.45) is 0. The summed E-state index contributed by atoms with van der Waals surface area (Å²) >= 11 is 4.67. The molecule has 4 nitrogen and oxygen atoms in total. The van der Waals surface area contributed by atoms with E-state index >= 15 is 0 Å². The van der Waals surface area contributed by atoms with Crippen molar-refractivity contribution in [3.8, 4) is 34.2 Å². The van der Waals surface area contributed by atoms with Crippen LogP contribution in [0.4, 0.5) is 0 Å². The lowest BCUT2D eigenvalue weighted by atomic mass is 9.99. The summed E-state index contributed by atoms with van der Waals surface area (Å²) < 4.78 is 6.19. The van der Waals surface area contributed by atoms with E-state index in [1.807, 2.05) is 72.8 Å². The Morgan fingerprint density at radius 3 is 2.33 bits per heavy atom. The Balaban J connectivity index is 1.75. The molecular formula is C27H19BrN2O2S. The maximum atomic E-state index is 12.7. The van der Waals surface area contributed by atoms with E-state index in [1.54, 1.807) is 19.2 Å². The SMILES string of the molecule is COc1ccc(-c2cc(-c3ccccc3)nc(SCC(=O)c3ccc(Br)cc3)c2C#N)cc1. The molecule has 3 aromatic carbocycles. The fraction of sp³-hybridized carbons (Fsp3) is 0.0741. The van der Waals surface area contributed by atoms with Gasteiger partial charge in [0, 0.05) is 21.2 Å². The van der Waals surface area contributed by atoms with Crippen LogP contribution in [0.15, 0.2) is 94.4 Å². The van der Waals surface area contributed by atoms with Gasteiger partial charge in [-0.05, 0) is 35.9 Å². The molecule has 0 bridgehead atoms. The number of ketones is 1. The number of nitrogens with zero attached hydrogens (tertiary/aromatic N) is 2. The van der Waals surface area contributed by atoms with Crippen LogP contribution in [0.25, 0.3) is 22.4 Å². The molecule has 0 aliphatic heterocycles. The number of halogens is 1. The second-order valence-corrected chi connectivity index (χ2v) is 9.04. The standard InChI is InChI=1S/C27H19BrN2O2S/c1-32-22-13-9-18(10-14-22)23-15-25(19-5-3-2-4-6-19)30-27(24(23)16-29)33-17-26(31)20-7-11-21(28)12-8-20/h2-15H,17H2,1H3. The summed E-state index contributed by atoms with van der Waals surface area (Å²) in [7, 11) is 1.62. The molecule has 0 fully saturated rings. The smallest absolute Gasteiger partial charge is 0.173 e. The molecule has 0 aliphatic carbocycles. The van der Waals surface area contributed by atoms with Crippen LogP contribution in [0.3, 0.4) is 0 Å². The Morgan fingerprint density at radius 2 is 1.70 bits per heavy atom.